The van der Waals surface area contributed by atoms with E-state index < -0.39 is 5.97 Å². The van der Waals surface area contributed by atoms with E-state index in [0.717, 1.165) is 10.6 Å². The van der Waals surface area contributed by atoms with E-state index >= 15 is 0 Å². The summed E-state index contributed by atoms with van der Waals surface area (Å²) >= 11 is 7.23. The van der Waals surface area contributed by atoms with Crippen LogP contribution < -0.4 is 14.8 Å². The fourth-order valence-corrected chi connectivity index (χ4v) is 3.11. The number of aromatic nitrogens is 1. The Morgan fingerprint density at radius 1 is 1.39 bits per heavy atom. The number of rotatable bonds is 5. The second-order valence-electron chi connectivity index (χ2n) is 4.67. The first-order chi connectivity index (χ1) is 11.2. The lowest BCUT2D eigenvalue weighted by molar-refractivity contribution is 0.0516. The summed E-state index contributed by atoms with van der Waals surface area (Å²) in [4.78, 5) is 17.0. The van der Waals surface area contributed by atoms with Crippen molar-refractivity contribution in [3.63, 3.8) is 0 Å². The predicted molar refractivity (Wildman–Crippen MR) is 87.8 cm³/mol. The molecule has 0 bridgehead atoms. The molecule has 0 aliphatic carbocycles. The molecule has 1 aromatic carbocycles. The van der Waals surface area contributed by atoms with Gasteiger partial charge >= 0.3 is 5.97 Å². The maximum Gasteiger partial charge on any atom is 0.342 e. The van der Waals surface area contributed by atoms with Crippen LogP contribution in [-0.4, -0.2) is 30.8 Å². The molecule has 0 unspecified atom stereocenters. The summed E-state index contributed by atoms with van der Waals surface area (Å²) in [6.45, 7) is 3.45. The van der Waals surface area contributed by atoms with Gasteiger partial charge in [0, 0.05) is 11.1 Å². The van der Waals surface area contributed by atoms with Crippen molar-refractivity contribution in [3.8, 4) is 11.5 Å². The monoisotopic (exact) mass is 354 g/mol. The van der Waals surface area contributed by atoms with Gasteiger partial charge in [0.25, 0.3) is 0 Å². The molecule has 122 valence electrons. The lowest BCUT2D eigenvalue weighted by atomic mass is 10.1. The van der Waals surface area contributed by atoms with Crippen molar-refractivity contribution in [1.82, 2.24) is 4.98 Å². The average molecular weight is 355 g/mol. The van der Waals surface area contributed by atoms with E-state index in [-0.39, 0.29) is 0 Å². The molecular weight excluding hydrogens is 340 g/mol. The molecule has 0 fully saturated rings. The molecular formula is C15H15ClN2O4S. The summed E-state index contributed by atoms with van der Waals surface area (Å²) < 4.78 is 16.9. The molecule has 0 amide bonds. The van der Waals surface area contributed by atoms with Gasteiger partial charge < -0.3 is 19.5 Å². The van der Waals surface area contributed by atoms with Crippen LogP contribution in [-0.2, 0) is 11.3 Å². The summed E-state index contributed by atoms with van der Waals surface area (Å²) in [6, 6.07) is 3.45. The van der Waals surface area contributed by atoms with Crippen LogP contribution in [0.25, 0.3) is 0 Å². The third-order valence-electron chi connectivity index (χ3n) is 3.16. The topological polar surface area (TPSA) is 69.7 Å². The van der Waals surface area contributed by atoms with Crippen LogP contribution in [0, 0.1) is 0 Å². The molecule has 0 radical (unpaired) electrons. The van der Waals surface area contributed by atoms with Crippen molar-refractivity contribution in [2.75, 3.05) is 25.1 Å². The van der Waals surface area contributed by atoms with Gasteiger partial charge in [-0.15, -0.1) is 11.3 Å². The van der Waals surface area contributed by atoms with E-state index in [1.165, 1.54) is 11.3 Å². The van der Waals surface area contributed by atoms with Crippen LogP contribution in [0.15, 0.2) is 18.3 Å². The molecule has 8 heteroatoms. The standard InChI is InChI=1S/C15H15ClN2O4S/c1-2-20-14(19)10-3-4-11(13-12(10)21-5-6-22-13)17-7-9-8-18-15(16)23-9/h3-4,8,17H,2,5-7H2,1H3. The summed E-state index contributed by atoms with van der Waals surface area (Å²) in [5.74, 6) is 0.523. The van der Waals surface area contributed by atoms with Gasteiger partial charge in [0.2, 0.25) is 0 Å². The van der Waals surface area contributed by atoms with Gasteiger partial charge in [0.15, 0.2) is 16.0 Å². The molecule has 1 aliphatic heterocycles. The van der Waals surface area contributed by atoms with Crippen molar-refractivity contribution < 1.29 is 19.0 Å². The predicted octanol–water partition coefficient (Wildman–Crippen LogP) is 3.36. The molecule has 0 saturated heterocycles. The third-order valence-corrected chi connectivity index (χ3v) is 4.28. The lowest BCUT2D eigenvalue weighted by Crippen LogP contribution is -2.19. The van der Waals surface area contributed by atoms with Crippen LogP contribution >= 0.6 is 22.9 Å². The first-order valence-electron chi connectivity index (χ1n) is 7.13. The van der Waals surface area contributed by atoms with Gasteiger partial charge in [-0.2, -0.15) is 0 Å². The number of hydrogen-bond donors (Lipinski definition) is 1. The molecule has 6 nitrogen and oxygen atoms in total. The lowest BCUT2D eigenvalue weighted by Gasteiger charge is -2.23. The quantitative estimate of drug-likeness (QED) is 0.830. The highest BCUT2D eigenvalue weighted by molar-refractivity contribution is 7.15. The van der Waals surface area contributed by atoms with Crippen LogP contribution in [0.1, 0.15) is 22.2 Å². The van der Waals surface area contributed by atoms with Gasteiger partial charge in [-0.1, -0.05) is 11.6 Å². The number of thiazole rings is 1. The Kier molecular flexibility index (Phi) is 4.88. The number of benzene rings is 1. The van der Waals surface area contributed by atoms with Crippen LogP contribution in [0.2, 0.25) is 4.47 Å². The highest BCUT2D eigenvalue weighted by atomic mass is 35.5. The Balaban J connectivity index is 1.85. The summed E-state index contributed by atoms with van der Waals surface area (Å²) in [5, 5.41) is 3.26. The zero-order chi connectivity index (χ0) is 16.2. The Bertz CT molecular complexity index is 719. The number of carbonyl (C=O) groups is 1. The normalized spacial score (nSPS) is 12.8. The minimum Gasteiger partial charge on any atom is -0.485 e. The summed E-state index contributed by atoms with van der Waals surface area (Å²) in [5.41, 5.74) is 1.12. The second-order valence-corrected chi connectivity index (χ2v) is 6.37. The Labute approximate surface area is 142 Å². The highest BCUT2D eigenvalue weighted by Gasteiger charge is 2.24. The van der Waals surface area contributed by atoms with Crippen LogP contribution in [0.3, 0.4) is 0 Å². The van der Waals surface area contributed by atoms with Gasteiger partial charge in [0.05, 0.1) is 18.8 Å². The largest absolute Gasteiger partial charge is 0.485 e. The SMILES string of the molecule is CCOC(=O)c1ccc(NCc2cnc(Cl)s2)c2c1OCCO2. The van der Waals surface area contributed by atoms with Gasteiger partial charge in [0.1, 0.15) is 18.8 Å². The van der Waals surface area contributed by atoms with Gasteiger partial charge in [-0.3, -0.25) is 0 Å². The van der Waals surface area contributed by atoms with E-state index in [0.29, 0.717) is 47.9 Å². The van der Waals surface area contributed by atoms with E-state index in [1.54, 1.807) is 25.3 Å². The van der Waals surface area contributed by atoms with E-state index in [2.05, 4.69) is 10.3 Å². The zero-order valence-electron chi connectivity index (χ0n) is 12.4. The smallest absolute Gasteiger partial charge is 0.342 e. The highest BCUT2D eigenvalue weighted by Crippen LogP contribution is 2.41. The molecule has 1 aromatic heterocycles. The van der Waals surface area contributed by atoms with Gasteiger partial charge in [-0.25, -0.2) is 9.78 Å². The Morgan fingerprint density at radius 2 is 2.17 bits per heavy atom. The van der Waals surface area contributed by atoms with E-state index in [9.17, 15) is 4.79 Å². The molecule has 2 aromatic rings. The fraction of sp³-hybridized carbons (Fsp3) is 0.333. The minimum atomic E-state index is -0.421. The minimum absolute atomic E-state index is 0.306. The van der Waals surface area contributed by atoms with Gasteiger partial charge in [-0.05, 0) is 19.1 Å². The van der Waals surface area contributed by atoms with Crippen molar-refractivity contribution in [2.45, 2.75) is 13.5 Å². The number of carbonyl (C=O) groups excluding carboxylic acids is 1. The third kappa shape index (κ3) is 3.51. The van der Waals surface area contributed by atoms with Crippen LogP contribution in [0.4, 0.5) is 5.69 Å². The van der Waals surface area contributed by atoms with Crippen LogP contribution in [0.5, 0.6) is 11.5 Å². The maximum absolute atomic E-state index is 12.0. The number of nitrogens with one attached hydrogen (secondary N) is 1. The number of fused-ring (bicyclic) bond motifs is 1. The number of anilines is 1. The zero-order valence-corrected chi connectivity index (χ0v) is 14.0. The number of esters is 1. The van der Waals surface area contributed by atoms with E-state index in [1.807, 2.05) is 0 Å². The molecule has 0 saturated carbocycles. The number of hydrogen-bond acceptors (Lipinski definition) is 7. The van der Waals surface area contributed by atoms with Crippen molar-refractivity contribution in [2.24, 2.45) is 0 Å². The first-order valence-corrected chi connectivity index (χ1v) is 8.32. The average Bonchev–Trinajstić information content (AvgIpc) is 2.98. The molecule has 0 spiro atoms. The van der Waals surface area contributed by atoms with Crippen molar-refractivity contribution in [3.05, 3.63) is 33.2 Å². The molecule has 0 atom stereocenters. The summed E-state index contributed by atoms with van der Waals surface area (Å²) in [7, 11) is 0. The molecule has 3 rings (SSSR count). The molecule has 2 heterocycles. The summed E-state index contributed by atoms with van der Waals surface area (Å²) in [6.07, 6.45) is 1.72. The Morgan fingerprint density at radius 3 is 2.87 bits per heavy atom. The van der Waals surface area contributed by atoms with Crippen molar-refractivity contribution in [1.29, 1.82) is 0 Å². The molecule has 1 aliphatic rings. The number of nitrogens with zero attached hydrogens (tertiary/aromatic N) is 1. The second kappa shape index (κ2) is 7.06. The number of ether oxygens (including phenoxy) is 3. The molecule has 23 heavy (non-hydrogen) atoms. The number of halogens is 1. The van der Waals surface area contributed by atoms with Crippen molar-refractivity contribution >= 4 is 34.6 Å². The van der Waals surface area contributed by atoms with E-state index in [4.69, 9.17) is 25.8 Å². The molecule has 1 N–H and O–H groups in total. The first kappa shape index (κ1) is 15.9. The fourth-order valence-electron chi connectivity index (χ4n) is 2.19. The maximum atomic E-state index is 12.0. The Hall–Kier alpha value is -1.99.